The molecule has 0 fully saturated rings. The smallest absolute Gasteiger partial charge is 0.224 e. The summed E-state index contributed by atoms with van der Waals surface area (Å²) in [7, 11) is 1.52. The Bertz CT molecular complexity index is 1010. The van der Waals surface area contributed by atoms with Crippen molar-refractivity contribution in [2.24, 2.45) is 0 Å². The monoisotopic (exact) mass is 392 g/mol. The van der Waals surface area contributed by atoms with Crippen LogP contribution in [0.25, 0.3) is 10.8 Å². The van der Waals surface area contributed by atoms with E-state index in [1.807, 2.05) is 42.5 Å². The topological polar surface area (TPSA) is 76.7 Å². The molecule has 0 aliphatic heterocycles. The van der Waals surface area contributed by atoms with E-state index in [2.05, 4.69) is 10.6 Å². The summed E-state index contributed by atoms with van der Waals surface area (Å²) in [4.78, 5) is 23.6. The summed E-state index contributed by atoms with van der Waals surface area (Å²) in [6, 6.07) is 19.1. The van der Waals surface area contributed by atoms with Crippen molar-refractivity contribution >= 4 is 34.0 Å². The van der Waals surface area contributed by atoms with Crippen LogP contribution in [0.1, 0.15) is 19.8 Å². The van der Waals surface area contributed by atoms with Crippen LogP contribution in [0.3, 0.4) is 0 Å². The van der Waals surface area contributed by atoms with Gasteiger partial charge >= 0.3 is 0 Å². The van der Waals surface area contributed by atoms with Crippen molar-refractivity contribution in [3.05, 3.63) is 60.7 Å². The zero-order valence-corrected chi connectivity index (χ0v) is 16.5. The van der Waals surface area contributed by atoms with Gasteiger partial charge in [-0.15, -0.1) is 0 Å². The molecule has 0 radical (unpaired) electrons. The van der Waals surface area contributed by atoms with Crippen LogP contribution in [0.5, 0.6) is 11.5 Å². The van der Waals surface area contributed by atoms with E-state index in [1.165, 1.54) is 14.0 Å². The van der Waals surface area contributed by atoms with Crippen molar-refractivity contribution in [2.45, 2.75) is 19.8 Å². The molecule has 0 saturated carbocycles. The van der Waals surface area contributed by atoms with E-state index in [0.29, 0.717) is 36.6 Å². The Morgan fingerprint density at radius 1 is 0.931 bits per heavy atom. The van der Waals surface area contributed by atoms with Gasteiger partial charge in [0.2, 0.25) is 11.8 Å². The minimum Gasteiger partial charge on any atom is -0.495 e. The molecule has 29 heavy (non-hydrogen) atoms. The number of amides is 2. The molecular weight excluding hydrogens is 368 g/mol. The fourth-order valence-corrected chi connectivity index (χ4v) is 3.03. The second-order valence-electron chi connectivity index (χ2n) is 6.57. The van der Waals surface area contributed by atoms with Crippen molar-refractivity contribution in [1.82, 2.24) is 0 Å². The lowest BCUT2D eigenvalue weighted by Gasteiger charge is -2.12. The van der Waals surface area contributed by atoms with Crippen LogP contribution in [0.2, 0.25) is 0 Å². The third-order valence-corrected chi connectivity index (χ3v) is 4.35. The maximum Gasteiger partial charge on any atom is 0.224 e. The molecular formula is C23H24N2O4. The van der Waals surface area contributed by atoms with Gasteiger partial charge in [0.15, 0.2) is 0 Å². The van der Waals surface area contributed by atoms with Gasteiger partial charge in [-0.1, -0.05) is 36.4 Å². The molecule has 0 aliphatic rings. The Balaban J connectivity index is 1.52. The van der Waals surface area contributed by atoms with Crippen molar-refractivity contribution in [1.29, 1.82) is 0 Å². The molecule has 0 unspecified atom stereocenters. The van der Waals surface area contributed by atoms with E-state index >= 15 is 0 Å². The molecule has 3 aromatic carbocycles. The Morgan fingerprint density at radius 3 is 2.52 bits per heavy atom. The normalized spacial score (nSPS) is 10.4. The van der Waals surface area contributed by atoms with Crippen LogP contribution >= 0.6 is 0 Å². The number of carbonyl (C=O) groups excluding carboxylic acids is 2. The molecule has 150 valence electrons. The van der Waals surface area contributed by atoms with Crippen molar-refractivity contribution < 1.29 is 19.1 Å². The first-order valence-electron chi connectivity index (χ1n) is 9.43. The van der Waals surface area contributed by atoms with Crippen LogP contribution in [0.4, 0.5) is 11.4 Å². The number of methoxy groups -OCH3 is 1. The summed E-state index contributed by atoms with van der Waals surface area (Å²) >= 11 is 0. The Kier molecular flexibility index (Phi) is 6.68. The lowest BCUT2D eigenvalue weighted by atomic mass is 10.1. The average molecular weight is 392 g/mol. The van der Waals surface area contributed by atoms with Gasteiger partial charge < -0.3 is 20.1 Å². The third kappa shape index (κ3) is 5.48. The lowest BCUT2D eigenvalue weighted by molar-refractivity contribution is -0.116. The largest absolute Gasteiger partial charge is 0.495 e. The van der Waals surface area contributed by atoms with Gasteiger partial charge in [-0.2, -0.15) is 0 Å². The molecule has 3 aromatic rings. The first-order chi connectivity index (χ1) is 14.1. The highest BCUT2D eigenvalue weighted by atomic mass is 16.5. The van der Waals surface area contributed by atoms with Crippen LogP contribution in [-0.2, 0) is 9.59 Å². The van der Waals surface area contributed by atoms with Crippen LogP contribution in [0, 0.1) is 0 Å². The van der Waals surface area contributed by atoms with Gasteiger partial charge in [-0.3, -0.25) is 9.59 Å². The van der Waals surface area contributed by atoms with Gasteiger partial charge in [-0.05, 0) is 36.1 Å². The third-order valence-electron chi connectivity index (χ3n) is 4.35. The Morgan fingerprint density at radius 2 is 1.72 bits per heavy atom. The predicted octanol–water partition coefficient (Wildman–Crippen LogP) is 4.60. The van der Waals surface area contributed by atoms with Crippen molar-refractivity contribution in [2.75, 3.05) is 24.4 Å². The summed E-state index contributed by atoms with van der Waals surface area (Å²) < 4.78 is 11.1. The summed E-state index contributed by atoms with van der Waals surface area (Å²) in [5.41, 5.74) is 1.10. The highest BCUT2D eigenvalue weighted by molar-refractivity contribution is 5.94. The van der Waals surface area contributed by atoms with Gasteiger partial charge in [0.05, 0.1) is 19.4 Å². The van der Waals surface area contributed by atoms with E-state index in [0.717, 1.165) is 16.5 Å². The fourth-order valence-electron chi connectivity index (χ4n) is 3.03. The van der Waals surface area contributed by atoms with Crippen LogP contribution in [0.15, 0.2) is 60.7 Å². The Labute approximate surface area is 169 Å². The van der Waals surface area contributed by atoms with Gasteiger partial charge in [0.25, 0.3) is 0 Å². The predicted molar refractivity (Wildman–Crippen MR) is 115 cm³/mol. The molecule has 2 amide bonds. The minimum atomic E-state index is -0.211. The number of fused-ring (bicyclic) bond motifs is 1. The molecule has 0 saturated heterocycles. The second kappa shape index (κ2) is 9.59. The molecule has 3 rings (SSSR count). The molecule has 2 N–H and O–H groups in total. The summed E-state index contributed by atoms with van der Waals surface area (Å²) in [6.45, 7) is 1.86. The summed E-state index contributed by atoms with van der Waals surface area (Å²) in [5.74, 6) is 1.02. The number of nitrogens with one attached hydrogen (secondary N) is 2. The minimum absolute atomic E-state index is 0.120. The number of rotatable bonds is 8. The highest BCUT2D eigenvalue weighted by Gasteiger charge is 2.09. The number of anilines is 2. The first kappa shape index (κ1) is 20.2. The zero-order chi connectivity index (χ0) is 20.6. The van der Waals surface area contributed by atoms with E-state index in [4.69, 9.17) is 9.47 Å². The summed E-state index contributed by atoms with van der Waals surface area (Å²) in [5, 5.41) is 7.70. The molecule has 0 heterocycles. The van der Waals surface area contributed by atoms with Gasteiger partial charge in [0.1, 0.15) is 11.5 Å². The molecule has 0 aromatic heterocycles. The number of hydrogen-bond acceptors (Lipinski definition) is 4. The van der Waals surface area contributed by atoms with Gasteiger partial charge in [0, 0.05) is 24.4 Å². The molecule has 0 bridgehead atoms. The molecule has 0 spiro atoms. The molecule has 6 nitrogen and oxygen atoms in total. The number of benzene rings is 3. The number of carbonyl (C=O) groups is 2. The molecule has 0 aliphatic carbocycles. The van der Waals surface area contributed by atoms with Crippen LogP contribution < -0.4 is 20.1 Å². The maximum atomic E-state index is 12.2. The lowest BCUT2D eigenvalue weighted by Crippen LogP contribution is -2.13. The van der Waals surface area contributed by atoms with Crippen LogP contribution in [-0.4, -0.2) is 25.5 Å². The average Bonchev–Trinajstić information content (AvgIpc) is 2.71. The second-order valence-corrected chi connectivity index (χ2v) is 6.57. The number of hydrogen-bond donors (Lipinski definition) is 2. The zero-order valence-electron chi connectivity index (χ0n) is 16.5. The first-order valence-corrected chi connectivity index (χ1v) is 9.43. The van der Waals surface area contributed by atoms with E-state index < -0.39 is 0 Å². The molecule has 0 atom stereocenters. The highest BCUT2D eigenvalue weighted by Crippen LogP contribution is 2.28. The standard InChI is InChI=1S/C23H24N2O4/c1-16(26)24-20-15-18(12-13-22(20)28-2)25-23(27)11-6-14-29-21-10-5-8-17-7-3-4-9-19(17)21/h3-5,7-10,12-13,15H,6,11,14H2,1-2H3,(H,24,26)(H,25,27). The SMILES string of the molecule is COc1ccc(NC(=O)CCCOc2cccc3ccccc23)cc1NC(C)=O. The van der Waals surface area contributed by atoms with E-state index in [-0.39, 0.29) is 11.8 Å². The maximum absolute atomic E-state index is 12.2. The quantitative estimate of drug-likeness (QED) is 0.549. The number of ether oxygens (including phenoxy) is 2. The van der Waals surface area contributed by atoms with Crippen molar-refractivity contribution in [3.63, 3.8) is 0 Å². The van der Waals surface area contributed by atoms with E-state index in [1.54, 1.807) is 18.2 Å². The Hall–Kier alpha value is -3.54. The molecule has 6 heteroatoms. The van der Waals surface area contributed by atoms with E-state index in [9.17, 15) is 9.59 Å². The van der Waals surface area contributed by atoms with Crippen molar-refractivity contribution in [3.8, 4) is 11.5 Å². The van der Waals surface area contributed by atoms with Gasteiger partial charge in [-0.25, -0.2) is 0 Å². The summed E-state index contributed by atoms with van der Waals surface area (Å²) in [6.07, 6.45) is 0.913. The fraction of sp³-hybridized carbons (Fsp3) is 0.217.